The zero-order valence-corrected chi connectivity index (χ0v) is 12.0. The minimum Gasteiger partial charge on any atom is -0.384 e. The molecule has 0 aliphatic carbocycles. The maximum atomic E-state index is 13.8. The van der Waals surface area contributed by atoms with E-state index < -0.39 is 23.6 Å². The van der Waals surface area contributed by atoms with Crippen molar-refractivity contribution < 1.29 is 18.3 Å². The smallest absolute Gasteiger partial charge is 0.194 e. The quantitative estimate of drug-likeness (QED) is 0.833. The van der Waals surface area contributed by atoms with Crippen LogP contribution in [-0.2, 0) is 12.8 Å². The zero-order chi connectivity index (χ0) is 15.6. The highest BCUT2D eigenvalue weighted by atomic mass is 19.2. The molecule has 0 aromatic heterocycles. The maximum absolute atomic E-state index is 13.8. The van der Waals surface area contributed by atoms with Crippen molar-refractivity contribution >= 4 is 0 Å². The molecule has 0 saturated heterocycles. The summed E-state index contributed by atoms with van der Waals surface area (Å²) in [6.07, 6.45) is 0.104. The Morgan fingerprint density at radius 2 is 1.62 bits per heavy atom. The van der Waals surface area contributed by atoms with E-state index in [2.05, 4.69) is 0 Å². The maximum Gasteiger partial charge on any atom is 0.194 e. The lowest BCUT2D eigenvalue weighted by atomic mass is 9.93. The first kappa shape index (κ1) is 15.6. The number of hydrogen-bond donors (Lipinski definition) is 1. The number of benzene rings is 2. The Morgan fingerprint density at radius 3 is 2.24 bits per heavy atom. The molecule has 2 rings (SSSR count). The van der Waals surface area contributed by atoms with Crippen LogP contribution in [0.25, 0.3) is 0 Å². The molecule has 1 unspecified atom stereocenters. The second-order valence-electron chi connectivity index (χ2n) is 4.91. The van der Waals surface area contributed by atoms with Gasteiger partial charge in [0.25, 0.3) is 0 Å². The van der Waals surface area contributed by atoms with Crippen LogP contribution in [0, 0.1) is 17.5 Å². The summed E-state index contributed by atoms with van der Waals surface area (Å²) in [7, 11) is 0. The summed E-state index contributed by atoms with van der Waals surface area (Å²) >= 11 is 0. The third kappa shape index (κ3) is 2.95. The minimum atomic E-state index is -1.56. The minimum absolute atomic E-state index is 0.253. The van der Waals surface area contributed by atoms with Gasteiger partial charge < -0.3 is 5.11 Å². The molecular weight excluding hydrogens is 277 g/mol. The summed E-state index contributed by atoms with van der Waals surface area (Å²) in [6.45, 7) is 3.88. The third-order valence-corrected chi connectivity index (χ3v) is 3.65. The van der Waals surface area contributed by atoms with Crippen LogP contribution >= 0.6 is 0 Å². The second-order valence-corrected chi connectivity index (χ2v) is 4.91. The van der Waals surface area contributed by atoms with E-state index >= 15 is 0 Å². The van der Waals surface area contributed by atoms with E-state index in [-0.39, 0.29) is 5.56 Å². The molecule has 0 radical (unpaired) electrons. The Hall–Kier alpha value is -1.81. The monoisotopic (exact) mass is 294 g/mol. The van der Waals surface area contributed by atoms with Crippen LogP contribution in [0.5, 0.6) is 0 Å². The molecule has 112 valence electrons. The Morgan fingerprint density at radius 1 is 0.905 bits per heavy atom. The normalized spacial score (nSPS) is 12.5. The average Bonchev–Trinajstić information content (AvgIpc) is 2.51. The van der Waals surface area contributed by atoms with Crippen LogP contribution in [0.3, 0.4) is 0 Å². The van der Waals surface area contributed by atoms with Crippen molar-refractivity contribution in [1.82, 2.24) is 0 Å². The molecule has 0 fully saturated rings. The second kappa shape index (κ2) is 6.31. The van der Waals surface area contributed by atoms with E-state index in [1.807, 2.05) is 26.0 Å². The Bertz CT molecular complexity index is 653. The molecule has 1 nitrogen and oxygen atoms in total. The number of aliphatic hydroxyl groups is 1. The predicted molar refractivity (Wildman–Crippen MR) is 75.6 cm³/mol. The summed E-state index contributed by atoms with van der Waals surface area (Å²) in [6, 6.07) is 7.50. The first-order chi connectivity index (χ1) is 9.99. The fourth-order valence-corrected chi connectivity index (χ4v) is 2.36. The summed E-state index contributed by atoms with van der Waals surface area (Å²) in [5.41, 5.74) is 2.12. The fraction of sp³-hybridized carbons (Fsp3) is 0.294. The van der Waals surface area contributed by atoms with Crippen molar-refractivity contribution in [2.45, 2.75) is 32.8 Å². The van der Waals surface area contributed by atoms with E-state index in [0.29, 0.717) is 12.0 Å². The number of halogens is 3. The highest BCUT2D eigenvalue weighted by Crippen LogP contribution is 2.30. The highest BCUT2D eigenvalue weighted by Gasteiger charge is 2.22. The molecule has 21 heavy (non-hydrogen) atoms. The number of aryl methyl sites for hydroxylation is 2. The first-order valence-electron chi connectivity index (χ1n) is 6.92. The standard InChI is InChI=1S/C17H17F3O/c1-3-10-5-6-11(4-2)13(9-10)17(21)12-7-8-14(18)16(20)15(12)19/h5-9,17,21H,3-4H2,1-2H3. The number of rotatable bonds is 4. The van der Waals surface area contributed by atoms with Gasteiger partial charge in [-0.05, 0) is 35.6 Å². The molecule has 0 spiro atoms. The number of aliphatic hydroxyl groups excluding tert-OH is 1. The van der Waals surface area contributed by atoms with Gasteiger partial charge in [0.05, 0.1) is 0 Å². The van der Waals surface area contributed by atoms with Gasteiger partial charge in [-0.2, -0.15) is 0 Å². The van der Waals surface area contributed by atoms with Crippen LogP contribution in [0.1, 0.15) is 42.2 Å². The topological polar surface area (TPSA) is 20.2 Å². The van der Waals surface area contributed by atoms with Gasteiger partial charge in [0.1, 0.15) is 6.10 Å². The summed E-state index contributed by atoms with van der Waals surface area (Å²) < 4.78 is 40.2. The molecule has 0 bridgehead atoms. The van der Waals surface area contributed by atoms with E-state index in [1.165, 1.54) is 0 Å². The van der Waals surface area contributed by atoms with Crippen molar-refractivity contribution in [2.24, 2.45) is 0 Å². The fourth-order valence-electron chi connectivity index (χ4n) is 2.36. The first-order valence-corrected chi connectivity index (χ1v) is 6.92. The van der Waals surface area contributed by atoms with E-state index in [1.54, 1.807) is 6.07 Å². The van der Waals surface area contributed by atoms with E-state index in [9.17, 15) is 18.3 Å². The van der Waals surface area contributed by atoms with Crippen molar-refractivity contribution in [1.29, 1.82) is 0 Å². The van der Waals surface area contributed by atoms with Gasteiger partial charge >= 0.3 is 0 Å². The number of hydrogen-bond acceptors (Lipinski definition) is 1. The largest absolute Gasteiger partial charge is 0.384 e. The summed E-state index contributed by atoms with van der Waals surface area (Å²) in [4.78, 5) is 0. The van der Waals surface area contributed by atoms with Crippen molar-refractivity contribution in [3.05, 3.63) is 70.0 Å². The average molecular weight is 294 g/mol. The van der Waals surface area contributed by atoms with Gasteiger partial charge in [-0.3, -0.25) is 0 Å². The lowest BCUT2D eigenvalue weighted by Crippen LogP contribution is -2.08. The summed E-state index contributed by atoms with van der Waals surface area (Å²) in [5.74, 6) is -4.16. The van der Waals surface area contributed by atoms with E-state index in [4.69, 9.17) is 0 Å². The Balaban J connectivity index is 2.54. The van der Waals surface area contributed by atoms with Gasteiger partial charge in [0, 0.05) is 5.56 Å². The van der Waals surface area contributed by atoms with Crippen molar-refractivity contribution in [2.75, 3.05) is 0 Å². The highest BCUT2D eigenvalue weighted by molar-refractivity contribution is 5.39. The lowest BCUT2D eigenvalue weighted by Gasteiger charge is -2.17. The molecule has 1 N–H and O–H groups in total. The molecule has 0 aliphatic heterocycles. The molecule has 0 aliphatic rings. The van der Waals surface area contributed by atoms with Crippen LogP contribution < -0.4 is 0 Å². The van der Waals surface area contributed by atoms with E-state index in [0.717, 1.165) is 29.7 Å². The summed E-state index contributed by atoms with van der Waals surface area (Å²) in [5, 5.41) is 10.4. The molecule has 2 aromatic carbocycles. The molecule has 0 amide bonds. The van der Waals surface area contributed by atoms with Gasteiger partial charge in [-0.25, -0.2) is 13.2 Å². The van der Waals surface area contributed by atoms with Crippen LogP contribution in [0.15, 0.2) is 30.3 Å². The molecular formula is C17H17F3O. The van der Waals surface area contributed by atoms with Crippen molar-refractivity contribution in [3.8, 4) is 0 Å². The predicted octanol–water partition coefficient (Wildman–Crippen LogP) is 4.31. The van der Waals surface area contributed by atoms with Crippen LogP contribution in [-0.4, -0.2) is 5.11 Å². The van der Waals surface area contributed by atoms with Gasteiger partial charge in [-0.15, -0.1) is 0 Å². The van der Waals surface area contributed by atoms with Gasteiger partial charge in [0.15, 0.2) is 17.5 Å². The third-order valence-electron chi connectivity index (χ3n) is 3.65. The zero-order valence-electron chi connectivity index (χ0n) is 12.0. The molecule has 0 heterocycles. The molecule has 0 saturated carbocycles. The van der Waals surface area contributed by atoms with Gasteiger partial charge in [-0.1, -0.05) is 38.1 Å². The van der Waals surface area contributed by atoms with Crippen LogP contribution in [0.4, 0.5) is 13.2 Å². The molecule has 4 heteroatoms. The SMILES string of the molecule is CCc1ccc(CC)c(C(O)c2ccc(F)c(F)c2F)c1. The van der Waals surface area contributed by atoms with Crippen molar-refractivity contribution in [3.63, 3.8) is 0 Å². The van der Waals surface area contributed by atoms with Gasteiger partial charge in [0.2, 0.25) is 0 Å². The Kier molecular flexibility index (Phi) is 4.68. The Labute approximate surface area is 122 Å². The molecule has 2 aromatic rings. The molecule has 1 atom stereocenters. The lowest BCUT2D eigenvalue weighted by molar-refractivity contribution is 0.211. The van der Waals surface area contributed by atoms with Crippen LogP contribution in [0.2, 0.25) is 0 Å².